The summed E-state index contributed by atoms with van der Waals surface area (Å²) in [7, 11) is 0. The van der Waals surface area contributed by atoms with Crippen molar-refractivity contribution in [2.75, 3.05) is 0 Å². The maximum absolute atomic E-state index is 13.1. The summed E-state index contributed by atoms with van der Waals surface area (Å²) in [5.74, 6) is -3.53. The molecule has 0 bridgehead atoms. The summed E-state index contributed by atoms with van der Waals surface area (Å²) in [5, 5.41) is 10.6. The van der Waals surface area contributed by atoms with E-state index in [1.807, 2.05) is 31.2 Å². The number of carbonyl (C=O) groups excluding carboxylic acids is 5. The van der Waals surface area contributed by atoms with Gasteiger partial charge < -0.3 is 21.3 Å². The third-order valence-corrected chi connectivity index (χ3v) is 6.24. The van der Waals surface area contributed by atoms with Crippen LogP contribution < -0.4 is 21.3 Å². The maximum atomic E-state index is 13.1. The molecule has 0 fully saturated rings. The van der Waals surface area contributed by atoms with Crippen LogP contribution in [0.2, 0.25) is 0 Å². The Bertz CT molecular complexity index is 1170. The highest BCUT2D eigenvalue weighted by atomic mass is 16.2. The zero-order valence-corrected chi connectivity index (χ0v) is 23.8. The fourth-order valence-electron chi connectivity index (χ4n) is 3.77. The Morgan fingerprint density at radius 3 is 1.90 bits per heavy atom. The predicted molar refractivity (Wildman–Crippen MR) is 150 cm³/mol. The van der Waals surface area contributed by atoms with Crippen molar-refractivity contribution in [3.63, 3.8) is 0 Å². The molecule has 0 aliphatic heterocycles. The highest BCUT2D eigenvalue weighted by Gasteiger charge is 2.35. The molecule has 210 valence electrons. The number of hydrogen-bond acceptors (Lipinski definition) is 5. The molecule has 2 aromatic carbocycles. The minimum absolute atomic E-state index is 0.180. The van der Waals surface area contributed by atoms with Gasteiger partial charge in [0.05, 0.1) is 6.04 Å². The van der Waals surface area contributed by atoms with Gasteiger partial charge in [0.15, 0.2) is 0 Å². The number of carbonyl (C=O) groups is 5. The van der Waals surface area contributed by atoms with Crippen LogP contribution in [-0.4, -0.2) is 47.5 Å². The van der Waals surface area contributed by atoms with E-state index < -0.39 is 53.0 Å². The number of nitrogens with one attached hydrogen (secondary N) is 4. The number of amides is 4. The van der Waals surface area contributed by atoms with Gasteiger partial charge in [0.1, 0.15) is 12.1 Å². The lowest BCUT2D eigenvalue weighted by Gasteiger charge is -2.31. The van der Waals surface area contributed by atoms with Crippen LogP contribution in [0.1, 0.15) is 63.0 Å². The average Bonchev–Trinajstić information content (AvgIpc) is 2.88. The van der Waals surface area contributed by atoms with E-state index in [9.17, 15) is 24.0 Å². The van der Waals surface area contributed by atoms with Gasteiger partial charge in [0.25, 0.3) is 11.8 Å². The Morgan fingerprint density at radius 2 is 1.36 bits per heavy atom. The minimum atomic E-state index is -1.08. The number of benzene rings is 2. The van der Waals surface area contributed by atoms with Crippen molar-refractivity contribution < 1.29 is 24.0 Å². The SMILES string of the molecule is Cc1ccc(CNC(=O)C(=O)C(NC(=O)C(C)NC(=O)C(NC(=O)c2ccccc2)C(C)(C)C)C(C)C)cc1. The van der Waals surface area contributed by atoms with Crippen molar-refractivity contribution in [1.82, 2.24) is 21.3 Å². The second-order valence-corrected chi connectivity index (χ2v) is 11.1. The molecule has 0 heterocycles. The van der Waals surface area contributed by atoms with Gasteiger partial charge in [-0.2, -0.15) is 0 Å². The summed E-state index contributed by atoms with van der Waals surface area (Å²) in [6, 6.07) is 13.0. The summed E-state index contributed by atoms with van der Waals surface area (Å²) in [6.07, 6.45) is 0. The van der Waals surface area contributed by atoms with Crippen LogP contribution in [0.15, 0.2) is 54.6 Å². The molecule has 0 radical (unpaired) electrons. The third-order valence-electron chi connectivity index (χ3n) is 6.24. The molecule has 9 heteroatoms. The normalized spacial score (nSPS) is 13.5. The van der Waals surface area contributed by atoms with Crippen molar-refractivity contribution >= 4 is 29.4 Å². The maximum Gasteiger partial charge on any atom is 0.289 e. The largest absolute Gasteiger partial charge is 0.345 e. The van der Waals surface area contributed by atoms with Crippen LogP contribution in [0.4, 0.5) is 0 Å². The Kier molecular flexibility index (Phi) is 11.0. The van der Waals surface area contributed by atoms with Gasteiger partial charge in [-0.05, 0) is 42.9 Å². The third kappa shape index (κ3) is 9.35. The smallest absolute Gasteiger partial charge is 0.289 e. The second kappa shape index (κ2) is 13.7. The molecule has 0 saturated carbocycles. The Morgan fingerprint density at radius 1 is 0.769 bits per heavy atom. The quantitative estimate of drug-likeness (QED) is 0.328. The highest BCUT2D eigenvalue weighted by molar-refractivity contribution is 6.38. The lowest BCUT2D eigenvalue weighted by atomic mass is 9.85. The van der Waals surface area contributed by atoms with Crippen molar-refractivity contribution in [1.29, 1.82) is 0 Å². The van der Waals surface area contributed by atoms with Gasteiger partial charge >= 0.3 is 0 Å². The molecule has 0 aliphatic rings. The molecule has 2 rings (SSSR count). The van der Waals surface area contributed by atoms with Crippen LogP contribution in [0, 0.1) is 18.3 Å². The molecule has 2 aromatic rings. The average molecular weight is 537 g/mol. The fourth-order valence-corrected chi connectivity index (χ4v) is 3.77. The van der Waals surface area contributed by atoms with Gasteiger partial charge in [-0.1, -0.05) is 82.6 Å². The number of Topliss-reactive ketones (excluding diaryl/α,β-unsaturated/α-hetero) is 1. The van der Waals surface area contributed by atoms with Gasteiger partial charge in [0.2, 0.25) is 17.6 Å². The van der Waals surface area contributed by atoms with Crippen LogP contribution in [0.5, 0.6) is 0 Å². The zero-order valence-electron chi connectivity index (χ0n) is 23.8. The molecule has 9 nitrogen and oxygen atoms in total. The van der Waals surface area contributed by atoms with Crippen molar-refractivity contribution in [2.45, 2.75) is 73.1 Å². The van der Waals surface area contributed by atoms with Crippen LogP contribution in [-0.2, 0) is 25.7 Å². The Balaban J connectivity index is 2.02. The molecule has 4 N–H and O–H groups in total. The lowest BCUT2D eigenvalue weighted by molar-refractivity contribution is -0.141. The topological polar surface area (TPSA) is 133 Å². The predicted octanol–water partition coefficient (Wildman–Crippen LogP) is 2.67. The molecule has 0 aromatic heterocycles. The molecular formula is C30H40N4O5. The first-order valence-electron chi connectivity index (χ1n) is 13.0. The number of aryl methyl sites for hydroxylation is 1. The Labute approximate surface area is 230 Å². The van der Waals surface area contributed by atoms with Gasteiger partial charge in [-0.3, -0.25) is 24.0 Å². The molecule has 3 atom stereocenters. The van der Waals surface area contributed by atoms with E-state index in [0.29, 0.717) is 5.56 Å². The molecule has 39 heavy (non-hydrogen) atoms. The summed E-state index contributed by atoms with van der Waals surface area (Å²) in [5.41, 5.74) is 1.68. The van der Waals surface area contributed by atoms with E-state index in [-0.39, 0.29) is 12.5 Å². The van der Waals surface area contributed by atoms with E-state index in [2.05, 4.69) is 21.3 Å². The highest BCUT2D eigenvalue weighted by Crippen LogP contribution is 2.20. The van der Waals surface area contributed by atoms with E-state index in [1.54, 1.807) is 65.0 Å². The lowest BCUT2D eigenvalue weighted by Crippen LogP contribution is -2.59. The van der Waals surface area contributed by atoms with E-state index in [1.165, 1.54) is 6.92 Å². The first kappa shape index (κ1) is 31.2. The van der Waals surface area contributed by atoms with E-state index in [4.69, 9.17) is 0 Å². The summed E-state index contributed by atoms with van der Waals surface area (Å²) in [4.78, 5) is 64.2. The number of rotatable bonds is 11. The van der Waals surface area contributed by atoms with Gasteiger partial charge in [0, 0.05) is 12.1 Å². The fraction of sp³-hybridized carbons (Fsp3) is 0.433. The summed E-state index contributed by atoms with van der Waals surface area (Å²) < 4.78 is 0. The zero-order chi connectivity index (χ0) is 29.3. The molecule has 3 unspecified atom stereocenters. The van der Waals surface area contributed by atoms with Crippen LogP contribution in [0.3, 0.4) is 0 Å². The van der Waals surface area contributed by atoms with Crippen molar-refractivity contribution in [3.8, 4) is 0 Å². The van der Waals surface area contributed by atoms with Gasteiger partial charge in [-0.15, -0.1) is 0 Å². The molecule has 0 aliphatic carbocycles. The summed E-state index contributed by atoms with van der Waals surface area (Å²) in [6.45, 7) is 12.4. The summed E-state index contributed by atoms with van der Waals surface area (Å²) >= 11 is 0. The number of hydrogen-bond donors (Lipinski definition) is 4. The van der Waals surface area contributed by atoms with Crippen LogP contribution in [0.25, 0.3) is 0 Å². The molecule has 4 amide bonds. The van der Waals surface area contributed by atoms with E-state index >= 15 is 0 Å². The molecule has 0 saturated heterocycles. The molecular weight excluding hydrogens is 496 g/mol. The Hall–Kier alpha value is -4.01. The van der Waals surface area contributed by atoms with Crippen molar-refractivity contribution in [2.24, 2.45) is 11.3 Å². The van der Waals surface area contributed by atoms with E-state index in [0.717, 1.165) is 11.1 Å². The minimum Gasteiger partial charge on any atom is -0.345 e. The standard InChI is InChI=1S/C30H40N4O5/c1-18(2)23(24(35)28(38)31-17-21-15-13-19(3)14-16-21)33-26(36)20(4)32-29(39)25(30(5,6)7)34-27(37)22-11-9-8-10-12-22/h8-16,18,20,23,25H,17H2,1-7H3,(H,31,38)(H,32,39)(H,33,36)(H,34,37). The number of ketones is 1. The van der Waals surface area contributed by atoms with Crippen LogP contribution >= 0.6 is 0 Å². The van der Waals surface area contributed by atoms with Gasteiger partial charge in [-0.25, -0.2) is 0 Å². The first-order chi connectivity index (χ1) is 18.2. The molecule has 0 spiro atoms. The first-order valence-corrected chi connectivity index (χ1v) is 13.0. The second-order valence-electron chi connectivity index (χ2n) is 11.1. The van der Waals surface area contributed by atoms with Crippen molar-refractivity contribution in [3.05, 3.63) is 71.3 Å². The monoisotopic (exact) mass is 536 g/mol.